The fraction of sp³-hybridized carbons (Fsp3) is 0.0435. The van der Waals surface area contributed by atoms with Crippen LogP contribution in [0.3, 0.4) is 0 Å². The third-order valence-electron chi connectivity index (χ3n) is 4.40. The van der Waals surface area contributed by atoms with Gasteiger partial charge in [0.25, 0.3) is 5.91 Å². The number of hydrogen-bond donors (Lipinski definition) is 0. The van der Waals surface area contributed by atoms with Gasteiger partial charge in [0.15, 0.2) is 0 Å². The van der Waals surface area contributed by atoms with Crippen molar-refractivity contribution in [1.82, 2.24) is 0 Å². The fourth-order valence-electron chi connectivity index (χ4n) is 2.99. The number of rotatable bonds is 4. The zero-order chi connectivity index (χ0) is 19.5. The summed E-state index contributed by atoms with van der Waals surface area (Å²) in [7, 11) is 1.59. The average Bonchev–Trinajstić information content (AvgIpc) is 3.05. The summed E-state index contributed by atoms with van der Waals surface area (Å²) in [6.07, 6.45) is 1.75. The molecule has 0 saturated heterocycles. The number of amides is 1. The highest BCUT2D eigenvalue weighted by atomic mass is 19.1. The van der Waals surface area contributed by atoms with Crippen LogP contribution in [0.5, 0.6) is 5.75 Å². The molecule has 1 aliphatic heterocycles. The fourth-order valence-corrected chi connectivity index (χ4v) is 2.99. The Hall–Kier alpha value is -3.73. The van der Waals surface area contributed by atoms with Crippen LogP contribution in [0, 0.1) is 5.82 Å². The van der Waals surface area contributed by atoms with Crippen LogP contribution in [0.15, 0.2) is 89.6 Å². The first-order valence-electron chi connectivity index (χ1n) is 8.75. The molecule has 0 aromatic heterocycles. The molecule has 0 aliphatic carbocycles. The topological polar surface area (TPSA) is 41.9 Å². The van der Waals surface area contributed by atoms with E-state index in [0.29, 0.717) is 23.0 Å². The predicted molar refractivity (Wildman–Crippen MR) is 108 cm³/mol. The Balaban J connectivity index is 1.80. The molecule has 28 heavy (non-hydrogen) atoms. The highest BCUT2D eigenvalue weighted by molar-refractivity contribution is 6.33. The van der Waals surface area contributed by atoms with Crippen molar-refractivity contribution in [2.45, 2.75) is 0 Å². The molecule has 0 saturated carbocycles. The lowest BCUT2D eigenvalue weighted by atomic mass is 10.1. The van der Waals surface area contributed by atoms with E-state index in [-0.39, 0.29) is 11.7 Å². The molecule has 0 N–H and O–H groups in total. The number of ether oxygens (including phenoxy) is 1. The predicted octanol–water partition coefficient (Wildman–Crippen LogP) is 4.67. The van der Waals surface area contributed by atoms with Crippen LogP contribution in [0.1, 0.15) is 11.1 Å². The molecule has 0 bridgehead atoms. The number of nitrogens with zero attached hydrogens (tertiary/aromatic N) is 2. The van der Waals surface area contributed by atoms with E-state index in [4.69, 9.17) is 4.74 Å². The molecule has 3 aromatic rings. The van der Waals surface area contributed by atoms with Gasteiger partial charge in [0.1, 0.15) is 23.1 Å². The largest absolute Gasteiger partial charge is 0.497 e. The molecule has 1 heterocycles. The molecule has 4 rings (SSSR count). The second kappa shape index (κ2) is 7.48. The van der Waals surface area contributed by atoms with Crippen molar-refractivity contribution in [3.63, 3.8) is 0 Å². The molecule has 138 valence electrons. The lowest BCUT2D eigenvalue weighted by Gasteiger charge is -2.18. The van der Waals surface area contributed by atoms with Gasteiger partial charge in [0, 0.05) is 5.56 Å². The van der Waals surface area contributed by atoms with E-state index in [2.05, 4.69) is 4.99 Å². The number of hydrogen-bond acceptors (Lipinski definition) is 3. The highest BCUT2D eigenvalue weighted by Gasteiger charge is 2.32. The number of anilines is 1. The number of benzene rings is 3. The molecule has 3 aromatic carbocycles. The van der Waals surface area contributed by atoms with Crippen molar-refractivity contribution in [1.29, 1.82) is 0 Å². The summed E-state index contributed by atoms with van der Waals surface area (Å²) < 4.78 is 18.6. The Kier molecular flexibility index (Phi) is 4.72. The van der Waals surface area contributed by atoms with Crippen molar-refractivity contribution >= 4 is 23.5 Å². The Morgan fingerprint density at radius 3 is 2.25 bits per heavy atom. The smallest absolute Gasteiger partial charge is 0.282 e. The highest BCUT2D eigenvalue weighted by Crippen LogP contribution is 2.28. The van der Waals surface area contributed by atoms with Gasteiger partial charge in [-0.2, -0.15) is 0 Å². The van der Waals surface area contributed by atoms with Crippen molar-refractivity contribution in [2.75, 3.05) is 12.0 Å². The van der Waals surface area contributed by atoms with Crippen molar-refractivity contribution in [2.24, 2.45) is 4.99 Å². The maximum Gasteiger partial charge on any atom is 0.282 e. The minimum atomic E-state index is -0.363. The summed E-state index contributed by atoms with van der Waals surface area (Å²) in [5.74, 6) is 0.572. The number of methoxy groups -OCH3 is 1. The Bertz CT molecular complexity index is 1060. The molecule has 5 heteroatoms. The van der Waals surface area contributed by atoms with Gasteiger partial charge >= 0.3 is 0 Å². The molecule has 0 fully saturated rings. The van der Waals surface area contributed by atoms with Crippen LogP contribution in [-0.4, -0.2) is 18.9 Å². The summed E-state index contributed by atoms with van der Waals surface area (Å²) >= 11 is 0. The minimum absolute atomic E-state index is 0.263. The monoisotopic (exact) mass is 372 g/mol. The van der Waals surface area contributed by atoms with Crippen LogP contribution in [-0.2, 0) is 4.79 Å². The van der Waals surface area contributed by atoms with E-state index in [1.54, 1.807) is 25.3 Å². The molecular formula is C23H17FN2O2. The van der Waals surface area contributed by atoms with Gasteiger partial charge in [0.05, 0.1) is 12.8 Å². The SMILES string of the molecule is COc1ccc(C2=NC(=Cc3ccccc3)C(=O)N2c2ccc(F)cc2)cc1. The van der Waals surface area contributed by atoms with Crippen molar-refractivity contribution < 1.29 is 13.9 Å². The van der Waals surface area contributed by atoms with Crippen LogP contribution < -0.4 is 9.64 Å². The molecule has 4 nitrogen and oxygen atoms in total. The first-order chi connectivity index (χ1) is 13.7. The molecular weight excluding hydrogens is 355 g/mol. The summed E-state index contributed by atoms with van der Waals surface area (Å²) in [4.78, 5) is 19.2. The lowest BCUT2D eigenvalue weighted by Crippen LogP contribution is -2.32. The number of carbonyl (C=O) groups excluding carboxylic acids is 1. The Labute approximate surface area is 162 Å². The quantitative estimate of drug-likeness (QED) is 0.625. The third kappa shape index (κ3) is 3.42. The second-order valence-corrected chi connectivity index (χ2v) is 6.22. The third-order valence-corrected chi connectivity index (χ3v) is 4.40. The zero-order valence-corrected chi connectivity index (χ0v) is 15.2. The maximum absolute atomic E-state index is 13.4. The van der Waals surface area contributed by atoms with Gasteiger partial charge in [-0.05, 0) is 60.2 Å². The normalized spacial score (nSPS) is 15.1. The summed E-state index contributed by atoms with van der Waals surface area (Å²) in [5, 5.41) is 0. The van der Waals surface area contributed by atoms with Gasteiger partial charge in [-0.15, -0.1) is 0 Å². The van der Waals surface area contributed by atoms with Gasteiger partial charge in [-0.1, -0.05) is 30.3 Å². The van der Waals surface area contributed by atoms with Gasteiger partial charge in [-0.25, -0.2) is 9.38 Å². The van der Waals surface area contributed by atoms with Gasteiger partial charge in [-0.3, -0.25) is 9.69 Å². The summed E-state index contributed by atoms with van der Waals surface area (Å²) in [6, 6.07) is 22.6. The van der Waals surface area contributed by atoms with Gasteiger partial charge in [0.2, 0.25) is 0 Å². The number of amidine groups is 1. The van der Waals surface area contributed by atoms with E-state index < -0.39 is 0 Å². The van der Waals surface area contributed by atoms with E-state index in [0.717, 1.165) is 11.1 Å². The van der Waals surface area contributed by atoms with E-state index in [1.165, 1.54) is 17.0 Å². The Morgan fingerprint density at radius 1 is 0.929 bits per heavy atom. The van der Waals surface area contributed by atoms with E-state index in [1.807, 2.05) is 54.6 Å². The zero-order valence-electron chi connectivity index (χ0n) is 15.2. The standard InChI is InChI=1S/C23H17FN2O2/c1-28-20-13-7-17(8-14-20)22-25-21(15-16-5-3-2-4-6-16)23(27)26(22)19-11-9-18(24)10-12-19/h2-15H,1H3. The van der Waals surface area contributed by atoms with Crippen LogP contribution in [0.2, 0.25) is 0 Å². The van der Waals surface area contributed by atoms with Crippen LogP contribution >= 0.6 is 0 Å². The van der Waals surface area contributed by atoms with E-state index >= 15 is 0 Å². The number of carbonyl (C=O) groups is 1. The van der Waals surface area contributed by atoms with E-state index in [9.17, 15) is 9.18 Å². The summed E-state index contributed by atoms with van der Waals surface area (Å²) in [6.45, 7) is 0. The lowest BCUT2D eigenvalue weighted by molar-refractivity contribution is -0.113. The Morgan fingerprint density at radius 2 is 1.61 bits per heavy atom. The second-order valence-electron chi connectivity index (χ2n) is 6.22. The van der Waals surface area contributed by atoms with Crippen molar-refractivity contribution in [3.8, 4) is 5.75 Å². The number of aliphatic imine (C=N–C) groups is 1. The van der Waals surface area contributed by atoms with Crippen LogP contribution in [0.4, 0.5) is 10.1 Å². The number of halogens is 1. The molecule has 0 spiro atoms. The molecule has 0 radical (unpaired) electrons. The molecule has 0 unspecified atom stereocenters. The first kappa shape index (κ1) is 17.7. The average molecular weight is 372 g/mol. The van der Waals surface area contributed by atoms with Gasteiger partial charge < -0.3 is 4.74 Å². The van der Waals surface area contributed by atoms with Crippen molar-refractivity contribution in [3.05, 3.63) is 102 Å². The maximum atomic E-state index is 13.4. The molecule has 0 atom stereocenters. The minimum Gasteiger partial charge on any atom is -0.497 e. The molecule has 1 aliphatic rings. The van der Waals surface area contributed by atoms with Crippen LogP contribution in [0.25, 0.3) is 6.08 Å². The summed E-state index contributed by atoms with van der Waals surface area (Å²) in [5.41, 5.74) is 2.51. The molecule has 1 amide bonds. The first-order valence-corrected chi connectivity index (χ1v) is 8.75.